The Morgan fingerprint density at radius 1 is 1.44 bits per heavy atom. The van der Waals surface area contributed by atoms with Crippen LogP contribution < -0.4 is 10.6 Å². The highest BCUT2D eigenvalue weighted by atomic mass is 35.5. The van der Waals surface area contributed by atoms with E-state index in [2.05, 4.69) is 4.90 Å². The van der Waals surface area contributed by atoms with E-state index in [0.29, 0.717) is 11.8 Å². The van der Waals surface area contributed by atoms with Crippen molar-refractivity contribution in [3.8, 4) is 0 Å². The lowest BCUT2D eigenvalue weighted by atomic mass is 10.1. The molecular weight excluding hydrogens is 255 g/mol. The van der Waals surface area contributed by atoms with Crippen LogP contribution in [-0.4, -0.2) is 25.8 Å². The predicted octanol–water partition coefficient (Wildman–Crippen LogP) is 3.07. The zero-order valence-corrected chi connectivity index (χ0v) is 11.2. The first-order chi connectivity index (χ1) is 8.61. The van der Waals surface area contributed by atoms with Gasteiger partial charge in [-0.05, 0) is 25.8 Å². The minimum Gasteiger partial charge on any atom is -0.397 e. The van der Waals surface area contributed by atoms with Crippen LogP contribution in [0.4, 0.5) is 15.8 Å². The van der Waals surface area contributed by atoms with E-state index in [-0.39, 0.29) is 5.02 Å². The topological polar surface area (TPSA) is 38.5 Å². The number of piperidine rings is 1. The highest BCUT2D eigenvalue weighted by Gasteiger charge is 2.21. The van der Waals surface area contributed by atoms with Gasteiger partial charge in [-0.1, -0.05) is 11.6 Å². The maximum Gasteiger partial charge on any atom is 0.144 e. The fourth-order valence-electron chi connectivity index (χ4n) is 2.32. The molecular formula is C13H18ClFN2O. The van der Waals surface area contributed by atoms with Crippen LogP contribution in [0.3, 0.4) is 0 Å². The van der Waals surface area contributed by atoms with Gasteiger partial charge in [0.05, 0.1) is 22.5 Å². The van der Waals surface area contributed by atoms with Crippen LogP contribution in [0.2, 0.25) is 5.02 Å². The second-order valence-corrected chi connectivity index (χ2v) is 4.87. The third kappa shape index (κ3) is 2.87. The monoisotopic (exact) mass is 272 g/mol. The number of ether oxygens (including phenoxy) is 1. The average molecular weight is 273 g/mol. The third-order valence-corrected chi connectivity index (χ3v) is 3.54. The van der Waals surface area contributed by atoms with Gasteiger partial charge in [-0.3, -0.25) is 0 Å². The van der Waals surface area contributed by atoms with Gasteiger partial charge in [0.15, 0.2) is 0 Å². The van der Waals surface area contributed by atoms with Gasteiger partial charge in [-0.15, -0.1) is 0 Å². The molecule has 1 aliphatic rings. The lowest BCUT2D eigenvalue weighted by Crippen LogP contribution is -2.37. The molecule has 2 rings (SSSR count). The number of anilines is 2. The molecule has 100 valence electrons. The molecule has 1 heterocycles. The Bertz CT molecular complexity index is 420. The van der Waals surface area contributed by atoms with Crippen molar-refractivity contribution in [2.75, 3.05) is 30.3 Å². The highest BCUT2D eigenvalue weighted by molar-refractivity contribution is 6.31. The average Bonchev–Trinajstić information content (AvgIpc) is 2.35. The van der Waals surface area contributed by atoms with Crippen molar-refractivity contribution in [2.24, 2.45) is 0 Å². The summed E-state index contributed by atoms with van der Waals surface area (Å²) >= 11 is 5.70. The summed E-state index contributed by atoms with van der Waals surface area (Å²) in [4.78, 5) is 2.09. The number of benzene rings is 1. The lowest BCUT2D eigenvalue weighted by Gasteiger charge is -2.34. The Morgan fingerprint density at radius 2 is 2.11 bits per heavy atom. The molecule has 1 aromatic rings. The Morgan fingerprint density at radius 3 is 2.72 bits per heavy atom. The zero-order chi connectivity index (χ0) is 13.1. The van der Waals surface area contributed by atoms with E-state index in [4.69, 9.17) is 22.1 Å². The third-order valence-electron chi connectivity index (χ3n) is 3.25. The van der Waals surface area contributed by atoms with Gasteiger partial charge < -0.3 is 15.4 Å². The van der Waals surface area contributed by atoms with E-state index < -0.39 is 5.82 Å². The van der Waals surface area contributed by atoms with Gasteiger partial charge >= 0.3 is 0 Å². The molecule has 0 atom stereocenters. The molecule has 1 fully saturated rings. The first kappa shape index (κ1) is 13.4. The fourth-order valence-corrected chi connectivity index (χ4v) is 2.50. The van der Waals surface area contributed by atoms with Crippen LogP contribution in [0, 0.1) is 5.82 Å². The number of hydrogen-bond acceptors (Lipinski definition) is 3. The lowest BCUT2D eigenvalue weighted by molar-refractivity contribution is 0.0459. The van der Waals surface area contributed by atoms with Gasteiger partial charge in [0.1, 0.15) is 5.82 Å². The van der Waals surface area contributed by atoms with E-state index in [1.165, 1.54) is 12.1 Å². The van der Waals surface area contributed by atoms with E-state index in [9.17, 15) is 4.39 Å². The molecule has 1 saturated heterocycles. The number of nitrogen functional groups attached to an aromatic ring is 1. The molecule has 0 radical (unpaired) electrons. The van der Waals surface area contributed by atoms with Crippen LogP contribution in [0.25, 0.3) is 0 Å². The minimum absolute atomic E-state index is 0.0699. The molecule has 2 N–H and O–H groups in total. The number of nitrogens with zero attached hydrogens (tertiary/aromatic N) is 1. The summed E-state index contributed by atoms with van der Waals surface area (Å²) in [5.74, 6) is -0.423. The molecule has 0 aromatic heterocycles. The number of halogens is 2. The van der Waals surface area contributed by atoms with Crippen molar-refractivity contribution in [3.05, 3.63) is 23.0 Å². The van der Waals surface area contributed by atoms with Crippen LogP contribution >= 0.6 is 11.6 Å². The van der Waals surface area contributed by atoms with Gasteiger partial charge in [0.25, 0.3) is 0 Å². The summed E-state index contributed by atoms with van der Waals surface area (Å²) in [5, 5.41) is 0.0699. The summed E-state index contributed by atoms with van der Waals surface area (Å²) in [6, 6.07) is 2.89. The Kier molecular flexibility index (Phi) is 4.30. The first-order valence-electron chi connectivity index (χ1n) is 6.23. The van der Waals surface area contributed by atoms with E-state index >= 15 is 0 Å². The summed E-state index contributed by atoms with van der Waals surface area (Å²) in [6.07, 6.45) is 2.19. The summed E-state index contributed by atoms with van der Waals surface area (Å²) in [6.45, 7) is 4.40. The summed E-state index contributed by atoms with van der Waals surface area (Å²) in [7, 11) is 0. The van der Waals surface area contributed by atoms with E-state index in [0.717, 1.165) is 38.2 Å². The predicted molar refractivity (Wildman–Crippen MR) is 72.7 cm³/mol. The SMILES string of the molecule is CCOC1CCN(c2cc(F)c(Cl)cc2N)CC1. The normalized spacial score (nSPS) is 17.2. The van der Waals surface area contributed by atoms with E-state index in [1.807, 2.05) is 6.92 Å². The van der Waals surface area contributed by atoms with Gasteiger partial charge in [-0.25, -0.2) is 4.39 Å². The molecule has 0 aliphatic carbocycles. The Balaban J connectivity index is 2.07. The van der Waals surface area contributed by atoms with Crippen LogP contribution in [0.15, 0.2) is 12.1 Å². The Labute approximate surface area is 112 Å². The van der Waals surface area contributed by atoms with Crippen LogP contribution in [0.1, 0.15) is 19.8 Å². The molecule has 0 bridgehead atoms. The standard InChI is InChI=1S/C13H18ClFN2O/c1-2-18-9-3-5-17(6-4-9)13-8-11(15)10(14)7-12(13)16/h7-9H,2-6,16H2,1H3. The Hall–Kier alpha value is -1.00. The second-order valence-electron chi connectivity index (χ2n) is 4.47. The van der Waals surface area contributed by atoms with Gasteiger partial charge in [0.2, 0.25) is 0 Å². The van der Waals surface area contributed by atoms with Crippen LogP contribution in [-0.2, 0) is 4.74 Å². The zero-order valence-electron chi connectivity index (χ0n) is 10.5. The maximum absolute atomic E-state index is 13.5. The fraction of sp³-hybridized carbons (Fsp3) is 0.538. The van der Waals surface area contributed by atoms with Crippen molar-refractivity contribution >= 4 is 23.0 Å². The van der Waals surface area contributed by atoms with Crippen molar-refractivity contribution < 1.29 is 9.13 Å². The smallest absolute Gasteiger partial charge is 0.144 e. The largest absolute Gasteiger partial charge is 0.397 e. The van der Waals surface area contributed by atoms with Crippen molar-refractivity contribution in [2.45, 2.75) is 25.9 Å². The molecule has 5 heteroatoms. The molecule has 18 heavy (non-hydrogen) atoms. The molecule has 1 aliphatic heterocycles. The number of rotatable bonds is 3. The maximum atomic E-state index is 13.5. The minimum atomic E-state index is -0.423. The molecule has 0 unspecified atom stereocenters. The van der Waals surface area contributed by atoms with Gasteiger partial charge in [0, 0.05) is 25.8 Å². The summed E-state index contributed by atoms with van der Waals surface area (Å²) < 4.78 is 19.1. The quantitative estimate of drug-likeness (QED) is 0.860. The molecule has 0 saturated carbocycles. The van der Waals surface area contributed by atoms with Gasteiger partial charge in [-0.2, -0.15) is 0 Å². The highest BCUT2D eigenvalue weighted by Crippen LogP contribution is 2.31. The summed E-state index contributed by atoms with van der Waals surface area (Å²) in [5.41, 5.74) is 7.14. The number of hydrogen-bond donors (Lipinski definition) is 1. The first-order valence-corrected chi connectivity index (χ1v) is 6.60. The second kappa shape index (κ2) is 5.76. The molecule has 1 aromatic carbocycles. The molecule has 3 nitrogen and oxygen atoms in total. The van der Waals surface area contributed by atoms with E-state index in [1.54, 1.807) is 0 Å². The van der Waals surface area contributed by atoms with Crippen LogP contribution in [0.5, 0.6) is 0 Å². The molecule has 0 spiro atoms. The van der Waals surface area contributed by atoms with Crippen molar-refractivity contribution in [1.82, 2.24) is 0 Å². The number of nitrogens with two attached hydrogens (primary N) is 1. The van der Waals surface area contributed by atoms with Crippen molar-refractivity contribution in [1.29, 1.82) is 0 Å². The molecule has 0 amide bonds. The van der Waals surface area contributed by atoms with Crippen molar-refractivity contribution in [3.63, 3.8) is 0 Å².